The van der Waals surface area contributed by atoms with Gasteiger partial charge in [-0.25, -0.2) is 0 Å². The first kappa shape index (κ1) is 15.5. The van der Waals surface area contributed by atoms with Crippen molar-refractivity contribution < 1.29 is 0 Å². The second kappa shape index (κ2) is 6.73. The quantitative estimate of drug-likeness (QED) is 0.813. The predicted molar refractivity (Wildman–Crippen MR) is 86.7 cm³/mol. The van der Waals surface area contributed by atoms with Gasteiger partial charge in [0.05, 0.1) is 0 Å². The molecule has 1 aliphatic heterocycles. The monoisotopic (exact) mass is 274 g/mol. The third kappa shape index (κ3) is 4.07. The zero-order valence-electron chi connectivity index (χ0n) is 13.6. The topological polar surface area (TPSA) is 15.3 Å². The summed E-state index contributed by atoms with van der Waals surface area (Å²) < 4.78 is 0. The summed E-state index contributed by atoms with van der Waals surface area (Å²) in [6, 6.07) is 9.45. The van der Waals surface area contributed by atoms with E-state index < -0.39 is 0 Å². The van der Waals surface area contributed by atoms with Crippen LogP contribution in [0.25, 0.3) is 0 Å². The predicted octanol–water partition coefficient (Wildman–Crippen LogP) is 3.81. The Kier molecular flexibility index (Phi) is 5.22. The van der Waals surface area contributed by atoms with Crippen molar-refractivity contribution in [2.24, 2.45) is 5.41 Å². The minimum atomic E-state index is 0.376. The first-order valence-electron chi connectivity index (χ1n) is 8.05. The Morgan fingerprint density at radius 2 is 1.80 bits per heavy atom. The number of rotatable bonds is 7. The molecule has 20 heavy (non-hydrogen) atoms. The number of benzene rings is 1. The van der Waals surface area contributed by atoms with Gasteiger partial charge in [-0.2, -0.15) is 0 Å². The molecule has 0 aromatic heterocycles. The van der Waals surface area contributed by atoms with Gasteiger partial charge in [-0.1, -0.05) is 58.4 Å². The fourth-order valence-corrected chi connectivity index (χ4v) is 3.33. The molecule has 0 bridgehead atoms. The Balaban J connectivity index is 1.96. The molecule has 0 saturated heterocycles. The van der Waals surface area contributed by atoms with Crippen molar-refractivity contribution in [3.05, 3.63) is 35.4 Å². The van der Waals surface area contributed by atoms with Gasteiger partial charge in [-0.05, 0) is 23.0 Å². The molecule has 0 saturated carbocycles. The smallest absolute Gasteiger partial charge is 0.0240 e. The Hall–Kier alpha value is -0.860. The van der Waals surface area contributed by atoms with Crippen molar-refractivity contribution >= 4 is 0 Å². The average Bonchev–Trinajstić information content (AvgIpc) is 2.78. The van der Waals surface area contributed by atoms with E-state index in [2.05, 4.69) is 62.2 Å². The third-order valence-electron chi connectivity index (χ3n) is 4.30. The SMILES string of the molecule is CCCC(C)(CNC(C)C)CN1Cc2ccccc2C1. The summed E-state index contributed by atoms with van der Waals surface area (Å²) in [5.41, 5.74) is 3.41. The number of nitrogens with zero attached hydrogens (tertiary/aromatic N) is 1. The van der Waals surface area contributed by atoms with Crippen LogP contribution in [0.1, 0.15) is 51.7 Å². The van der Waals surface area contributed by atoms with Gasteiger partial charge in [0.15, 0.2) is 0 Å². The fraction of sp³-hybridized carbons (Fsp3) is 0.667. The summed E-state index contributed by atoms with van der Waals surface area (Å²) in [4.78, 5) is 2.61. The molecule has 1 unspecified atom stereocenters. The summed E-state index contributed by atoms with van der Waals surface area (Å²) in [6.45, 7) is 13.8. The Bertz CT molecular complexity index is 402. The van der Waals surface area contributed by atoms with Gasteiger partial charge >= 0.3 is 0 Å². The van der Waals surface area contributed by atoms with Crippen LogP contribution < -0.4 is 5.32 Å². The third-order valence-corrected chi connectivity index (χ3v) is 4.30. The lowest BCUT2D eigenvalue weighted by molar-refractivity contribution is 0.146. The van der Waals surface area contributed by atoms with Crippen LogP contribution in [0.5, 0.6) is 0 Å². The minimum Gasteiger partial charge on any atom is -0.314 e. The molecule has 2 heteroatoms. The van der Waals surface area contributed by atoms with Gasteiger partial charge in [0.1, 0.15) is 0 Å². The molecule has 112 valence electrons. The van der Waals surface area contributed by atoms with Crippen molar-refractivity contribution in [2.75, 3.05) is 13.1 Å². The number of hydrogen-bond donors (Lipinski definition) is 1. The van der Waals surface area contributed by atoms with E-state index in [1.165, 1.54) is 30.5 Å². The van der Waals surface area contributed by atoms with E-state index in [0.29, 0.717) is 11.5 Å². The van der Waals surface area contributed by atoms with E-state index in [1.54, 1.807) is 0 Å². The molecule has 1 aromatic rings. The minimum absolute atomic E-state index is 0.376. The molecule has 0 amide bonds. The lowest BCUT2D eigenvalue weighted by Gasteiger charge is -2.34. The standard InChI is InChI=1S/C18H30N2/c1-5-10-18(4,13-19-15(2)3)14-20-11-16-8-6-7-9-17(16)12-20/h6-9,15,19H,5,10-14H2,1-4H3. The van der Waals surface area contributed by atoms with Crippen molar-refractivity contribution in [2.45, 2.75) is 59.7 Å². The summed E-state index contributed by atoms with van der Waals surface area (Å²) >= 11 is 0. The molecule has 0 fully saturated rings. The van der Waals surface area contributed by atoms with Crippen molar-refractivity contribution in [3.63, 3.8) is 0 Å². The van der Waals surface area contributed by atoms with E-state index >= 15 is 0 Å². The first-order chi connectivity index (χ1) is 9.52. The van der Waals surface area contributed by atoms with Gasteiger partial charge in [0, 0.05) is 32.2 Å². The van der Waals surface area contributed by atoms with Crippen LogP contribution in [0.2, 0.25) is 0 Å². The average molecular weight is 274 g/mol. The molecule has 1 aliphatic rings. The number of nitrogens with one attached hydrogen (secondary N) is 1. The van der Waals surface area contributed by atoms with Crippen molar-refractivity contribution in [3.8, 4) is 0 Å². The molecule has 0 radical (unpaired) electrons. The van der Waals surface area contributed by atoms with E-state index in [-0.39, 0.29) is 0 Å². The first-order valence-corrected chi connectivity index (χ1v) is 8.05. The summed E-state index contributed by atoms with van der Waals surface area (Å²) in [5, 5.41) is 3.64. The molecular weight excluding hydrogens is 244 g/mol. The van der Waals surface area contributed by atoms with Crippen LogP contribution in [0.3, 0.4) is 0 Å². The molecule has 1 atom stereocenters. The van der Waals surface area contributed by atoms with Crippen LogP contribution in [0.15, 0.2) is 24.3 Å². The number of hydrogen-bond acceptors (Lipinski definition) is 2. The number of fused-ring (bicyclic) bond motifs is 1. The highest BCUT2D eigenvalue weighted by atomic mass is 15.1. The molecule has 1 N–H and O–H groups in total. The van der Waals surface area contributed by atoms with Gasteiger partial charge in [-0.15, -0.1) is 0 Å². The van der Waals surface area contributed by atoms with Gasteiger partial charge in [0.25, 0.3) is 0 Å². The Morgan fingerprint density at radius 1 is 1.20 bits per heavy atom. The Morgan fingerprint density at radius 3 is 2.30 bits per heavy atom. The molecule has 0 spiro atoms. The highest BCUT2D eigenvalue weighted by Gasteiger charge is 2.29. The molecule has 0 aliphatic carbocycles. The summed E-state index contributed by atoms with van der Waals surface area (Å²) in [6.07, 6.45) is 2.55. The van der Waals surface area contributed by atoms with Gasteiger partial charge < -0.3 is 5.32 Å². The largest absolute Gasteiger partial charge is 0.314 e. The van der Waals surface area contributed by atoms with Crippen LogP contribution in [-0.4, -0.2) is 24.0 Å². The zero-order valence-corrected chi connectivity index (χ0v) is 13.6. The van der Waals surface area contributed by atoms with Crippen molar-refractivity contribution in [1.29, 1.82) is 0 Å². The van der Waals surface area contributed by atoms with E-state index in [0.717, 1.165) is 19.6 Å². The second-order valence-corrected chi connectivity index (χ2v) is 7.01. The lowest BCUT2D eigenvalue weighted by Crippen LogP contribution is -2.42. The zero-order chi connectivity index (χ0) is 14.6. The normalized spacial score (nSPS) is 18.2. The summed E-state index contributed by atoms with van der Waals surface area (Å²) in [5.74, 6) is 0. The molecule has 1 aromatic carbocycles. The fourth-order valence-electron chi connectivity index (χ4n) is 3.33. The maximum atomic E-state index is 3.64. The lowest BCUT2D eigenvalue weighted by atomic mass is 9.84. The maximum absolute atomic E-state index is 3.64. The molecular formula is C18H30N2. The molecule has 2 rings (SSSR count). The van der Waals surface area contributed by atoms with Gasteiger partial charge in [-0.3, -0.25) is 4.90 Å². The van der Waals surface area contributed by atoms with Crippen molar-refractivity contribution in [1.82, 2.24) is 10.2 Å². The molecule has 2 nitrogen and oxygen atoms in total. The highest BCUT2D eigenvalue weighted by Crippen LogP contribution is 2.29. The second-order valence-electron chi connectivity index (χ2n) is 7.01. The molecule has 1 heterocycles. The van der Waals surface area contributed by atoms with E-state index in [4.69, 9.17) is 0 Å². The summed E-state index contributed by atoms with van der Waals surface area (Å²) in [7, 11) is 0. The van der Waals surface area contributed by atoms with E-state index in [1.807, 2.05) is 0 Å². The van der Waals surface area contributed by atoms with Crippen LogP contribution in [0, 0.1) is 5.41 Å². The van der Waals surface area contributed by atoms with Crippen LogP contribution in [0.4, 0.5) is 0 Å². The van der Waals surface area contributed by atoms with Crippen LogP contribution in [-0.2, 0) is 13.1 Å². The van der Waals surface area contributed by atoms with Crippen LogP contribution >= 0.6 is 0 Å². The highest BCUT2D eigenvalue weighted by molar-refractivity contribution is 5.30. The van der Waals surface area contributed by atoms with Gasteiger partial charge in [0.2, 0.25) is 0 Å². The Labute approximate surface area is 124 Å². The maximum Gasteiger partial charge on any atom is 0.0240 e. The van der Waals surface area contributed by atoms with E-state index in [9.17, 15) is 0 Å².